The summed E-state index contributed by atoms with van der Waals surface area (Å²) in [6, 6.07) is 0. The molecule has 0 saturated carbocycles. The molecule has 0 radical (unpaired) electrons. The lowest BCUT2D eigenvalue weighted by Gasteiger charge is -2.15. The molecule has 1 aromatic carbocycles. The van der Waals surface area contributed by atoms with E-state index in [2.05, 4.69) is 0 Å². The van der Waals surface area contributed by atoms with Gasteiger partial charge in [-0.1, -0.05) is 0 Å². The minimum absolute atomic E-state index is 0. The summed E-state index contributed by atoms with van der Waals surface area (Å²) >= 11 is 0. The summed E-state index contributed by atoms with van der Waals surface area (Å²) in [7, 11) is 0. The highest BCUT2D eigenvalue weighted by Crippen LogP contribution is 2.30. The average molecular weight is 450 g/mol. The molecular weight excluding hydrogens is 420 g/mol. The molecule has 0 amide bonds. The van der Waals surface area contributed by atoms with Crippen LogP contribution in [0.3, 0.4) is 0 Å². The van der Waals surface area contributed by atoms with E-state index in [-0.39, 0.29) is 36.9 Å². The van der Waals surface area contributed by atoms with Gasteiger partial charge in [-0.05, 0) is 0 Å². The fourth-order valence-corrected chi connectivity index (χ4v) is 2.03. The SMILES string of the molecule is O=C(O)c1c(C(=O)O)c(C(=O)O)c(C(=O)O)c(C(=O)O)c1C(=O)O.[NH4+].[NH4+].[NH4+].[NH4+].[NH4+].[NH4+]. The monoisotopic (exact) mass is 450 g/mol. The van der Waals surface area contributed by atoms with E-state index in [0.29, 0.717) is 0 Å². The van der Waals surface area contributed by atoms with Gasteiger partial charge in [0, 0.05) is 0 Å². The van der Waals surface area contributed by atoms with E-state index < -0.39 is 69.2 Å². The van der Waals surface area contributed by atoms with Crippen LogP contribution in [0.25, 0.3) is 0 Å². The Bertz CT molecular complexity index is 655. The Kier molecular flexibility index (Phi) is 18.7. The first-order valence-corrected chi connectivity index (χ1v) is 5.57. The molecule has 0 aliphatic carbocycles. The Hall–Kier alpha value is -4.20. The van der Waals surface area contributed by atoms with Crippen LogP contribution in [0.2, 0.25) is 0 Å². The van der Waals surface area contributed by atoms with Gasteiger partial charge in [-0.15, -0.1) is 0 Å². The van der Waals surface area contributed by atoms with Gasteiger partial charge in [0.1, 0.15) is 0 Å². The van der Waals surface area contributed by atoms with Gasteiger partial charge in [-0.2, -0.15) is 0 Å². The molecular formula is C12H30N6O12+6. The van der Waals surface area contributed by atoms with Crippen LogP contribution in [0.15, 0.2) is 0 Å². The van der Waals surface area contributed by atoms with Crippen LogP contribution in [0.5, 0.6) is 0 Å². The van der Waals surface area contributed by atoms with Crippen molar-refractivity contribution in [2.75, 3.05) is 0 Å². The van der Waals surface area contributed by atoms with Crippen molar-refractivity contribution in [1.29, 1.82) is 0 Å². The van der Waals surface area contributed by atoms with Crippen LogP contribution in [-0.2, 0) is 0 Å². The lowest BCUT2D eigenvalue weighted by molar-refractivity contribution is 0.0592. The zero-order valence-electron chi connectivity index (χ0n) is 17.1. The highest BCUT2D eigenvalue weighted by atomic mass is 16.4. The lowest BCUT2D eigenvalue weighted by Crippen LogP contribution is -2.27. The smallest absolute Gasteiger partial charge is 0.337 e. The lowest BCUT2D eigenvalue weighted by atomic mass is 9.86. The predicted molar refractivity (Wildman–Crippen MR) is 104 cm³/mol. The molecule has 0 heterocycles. The molecule has 0 bridgehead atoms. The van der Waals surface area contributed by atoms with Crippen molar-refractivity contribution in [2.24, 2.45) is 0 Å². The molecule has 0 spiro atoms. The molecule has 0 unspecified atom stereocenters. The molecule has 0 atom stereocenters. The van der Waals surface area contributed by atoms with Crippen molar-refractivity contribution in [3.63, 3.8) is 0 Å². The Morgan fingerprint density at radius 2 is 0.367 bits per heavy atom. The van der Waals surface area contributed by atoms with Crippen molar-refractivity contribution in [1.82, 2.24) is 36.9 Å². The fourth-order valence-electron chi connectivity index (χ4n) is 2.03. The number of rotatable bonds is 6. The summed E-state index contributed by atoms with van der Waals surface area (Å²) in [6.45, 7) is 0. The molecule has 0 aliphatic rings. The highest BCUT2D eigenvalue weighted by Gasteiger charge is 2.40. The number of carboxylic acids is 6. The van der Waals surface area contributed by atoms with Crippen molar-refractivity contribution >= 4 is 35.8 Å². The normalized spacial score (nSPS) is 8.00. The first kappa shape index (κ1) is 40.5. The molecule has 0 aromatic heterocycles. The Labute approximate surface area is 166 Å². The van der Waals surface area contributed by atoms with E-state index in [1.165, 1.54) is 0 Å². The molecule has 18 heteroatoms. The highest BCUT2D eigenvalue weighted by molar-refractivity contribution is 6.22. The van der Waals surface area contributed by atoms with Gasteiger partial charge < -0.3 is 67.5 Å². The maximum Gasteiger partial charge on any atom is 0.337 e. The number of benzene rings is 1. The molecule has 18 nitrogen and oxygen atoms in total. The van der Waals surface area contributed by atoms with Gasteiger partial charge >= 0.3 is 35.8 Å². The van der Waals surface area contributed by atoms with Gasteiger partial charge in [0.25, 0.3) is 0 Å². The second kappa shape index (κ2) is 13.9. The Morgan fingerprint density at radius 1 is 0.300 bits per heavy atom. The zero-order chi connectivity index (χ0) is 18.9. The molecule has 174 valence electrons. The van der Waals surface area contributed by atoms with Crippen molar-refractivity contribution < 1.29 is 59.4 Å². The van der Waals surface area contributed by atoms with E-state index in [1.807, 2.05) is 0 Å². The molecule has 0 fully saturated rings. The maximum absolute atomic E-state index is 11.2. The van der Waals surface area contributed by atoms with Crippen LogP contribution >= 0.6 is 0 Å². The van der Waals surface area contributed by atoms with Crippen LogP contribution in [0.4, 0.5) is 0 Å². The van der Waals surface area contributed by atoms with Crippen LogP contribution in [-0.4, -0.2) is 66.5 Å². The van der Waals surface area contributed by atoms with Gasteiger partial charge in [-0.3, -0.25) is 0 Å². The molecule has 0 aliphatic heterocycles. The third kappa shape index (κ3) is 6.45. The number of aromatic carboxylic acids is 6. The van der Waals surface area contributed by atoms with Gasteiger partial charge in [0.2, 0.25) is 0 Å². The average Bonchev–Trinajstić information content (AvgIpc) is 2.42. The van der Waals surface area contributed by atoms with Gasteiger partial charge in [-0.25, -0.2) is 28.8 Å². The summed E-state index contributed by atoms with van der Waals surface area (Å²) in [5.41, 5.74) is -9.95. The zero-order valence-corrected chi connectivity index (χ0v) is 17.1. The summed E-state index contributed by atoms with van der Waals surface area (Å²) in [4.78, 5) is 67.3. The largest absolute Gasteiger partial charge is 0.478 e. The van der Waals surface area contributed by atoms with E-state index in [1.54, 1.807) is 0 Å². The third-order valence-electron chi connectivity index (χ3n) is 2.78. The minimum Gasteiger partial charge on any atom is -0.478 e. The quantitative estimate of drug-likeness (QED) is 0.296. The van der Waals surface area contributed by atoms with Gasteiger partial charge in [0.15, 0.2) is 0 Å². The molecule has 0 saturated heterocycles. The molecule has 1 rings (SSSR count). The molecule has 1 aromatic rings. The van der Waals surface area contributed by atoms with Crippen molar-refractivity contribution in [3.05, 3.63) is 33.4 Å². The number of hydrogen-bond donors (Lipinski definition) is 12. The fraction of sp³-hybridized carbons (Fsp3) is 0. The summed E-state index contributed by atoms with van der Waals surface area (Å²) in [5.74, 6) is -13.5. The first-order chi connectivity index (χ1) is 10.9. The van der Waals surface area contributed by atoms with Crippen LogP contribution in [0, 0.1) is 0 Å². The second-order valence-corrected chi connectivity index (χ2v) is 4.08. The second-order valence-electron chi connectivity index (χ2n) is 4.08. The minimum atomic E-state index is -2.26. The Morgan fingerprint density at radius 3 is 0.400 bits per heavy atom. The van der Waals surface area contributed by atoms with E-state index in [0.717, 1.165) is 0 Å². The summed E-state index contributed by atoms with van der Waals surface area (Å²) in [5, 5.41) is 54.2. The predicted octanol–water partition coefficient (Wildman–Crippen LogP) is 2.13. The summed E-state index contributed by atoms with van der Waals surface area (Å²) < 4.78 is 0. The van der Waals surface area contributed by atoms with Crippen molar-refractivity contribution in [2.45, 2.75) is 0 Å². The van der Waals surface area contributed by atoms with E-state index >= 15 is 0 Å². The molecule has 30 heavy (non-hydrogen) atoms. The van der Waals surface area contributed by atoms with E-state index in [4.69, 9.17) is 30.6 Å². The number of carboxylic acid groups (broad SMARTS) is 6. The molecule has 30 N–H and O–H groups in total. The summed E-state index contributed by atoms with van der Waals surface area (Å²) in [6.07, 6.45) is 0. The number of hydrogen-bond acceptors (Lipinski definition) is 6. The maximum atomic E-state index is 11.2. The third-order valence-corrected chi connectivity index (χ3v) is 2.78. The first-order valence-electron chi connectivity index (χ1n) is 5.57. The number of carbonyl (C=O) groups is 6. The van der Waals surface area contributed by atoms with E-state index in [9.17, 15) is 28.8 Å². The Balaban J connectivity index is -0.000000240. The topological polar surface area (TPSA) is 443 Å². The van der Waals surface area contributed by atoms with Crippen LogP contribution < -0.4 is 36.9 Å². The van der Waals surface area contributed by atoms with Crippen LogP contribution in [0.1, 0.15) is 62.1 Å². The van der Waals surface area contributed by atoms with Gasteiger partial charge in [0.05, 0.1) is 33.4 Å². The standard InChI is InChI=1S/C12H6O12.6H3N/c13-7(14)1-2(8(15)16)4(10(19)20)6(12(23)24)5(11(21)22)3(1)9(17)18;;;;;;/h(H,13,14)(H,15,16)(H,17,18)(H,19,20)(H,21,22)(H,23,24);6*1H3/p+6. The van der Waals surface area contributed by atoms with Crippen molar-refractivity contribution in [3.8, 4) is 0 Å². The number of quaternary nitrogens is 6.